The average molecular weight is 399 g/mol. The van der Waals surface area contributed by atoms with Gasteiger partial charge in [-0.15, -0.1) is 0 Å². The zero-order valence-electron chi connectivity index (χ0n) is 19.9. The molecule has 0 aromatic heterocycles. The van der Waals surface area contributed by atoms with E-state index in [2.05, 4.69) is 13.8 Å². The minimum absolute atomic E-state index is 0.0195. The molecule has 0 aliphatic heterocycles. The van der Waals surface area contributed by atoms with Crippen LogP contribution in [0.15, 0.2) is 0 Å². The van der Waals surface area contributed by atoms with Crippen molar-refractivity contribution in [1.29, 1.82) is 0 Å². The van der Waals surface area contributed by atoms with Crippen LogP contribution in [0.4, 0.5) is 0 Å². The number of rotatable bonds is 15. The largest absolute Gasteiger partial charge is 0.459 e. The van der Waals surface area contributed by atoms with Gasteiger partial charge in [-0.05, 0) is 66.2 Å². The Morgan fingerprint density at radius 2 is 1.00 bits per heavy atom. The fourth-order valence-corrected chi connectivity index (χ4v) is 3.29. The molecular formula is C24H46O4. The molecule has 0 N–H and O–H groups in total. The Labute approximate surface area is 174 Å². The number of hydrogen-bond donors (Lipinski definition) is 0. The second-order valence-electron chi connectivity index (χ2n) is 9.36. The molecule has 0 bridgehead atoms. The number of unbranched alkanes of at least 4 members (excludes halogenated alkanes) is 2. The zero-order chi connectivity index (χ0) is 21.8. The summed E-state index contributed by atoms with van der Waals surface area (Å²) in [5.41, 5.74) is -1.13. The number of carbonyl (C=O) groups is 2. The summed E-state index contributed by atoms with van der Waals surface area (Å²) in [5, 5.41) is 0. The van der Waals surface area contributed by atoms with Gasteiger partial charge in [-0.1, -0.05) is 53.4 Å². The van der Waals surface area contributed by atoms with Crippen molar-refractivity contribution in [2.45, 2.75) is 131 Å². The van der Waals surface area contributed by atoms with Crippen LogP contribution in [0.5, 0.6) is 0 Å². The molecule has 0 aromatic carbocycles. The summed E-state index contributed by atoms with van der Waals surface area (Å²) in [4.78, 5) is 25.0. The molecule has 0 radical (unpaired) electrons. The van der Waals surface area contributed by atoms with Gasteiger partial charge in [0.15, 0.2) is 0 Å². The lowest BCUT2D eigenvalue weighted by Gasteiger charge is -2.33. The molecule has 2 unspecified atom stereocenters. The molecule has 0 amide bonds. The van der Waals surface area contributed by atoms with Gasteiger partial charge in [-0.25, -0.2) is 0 Å². The Morgan fingerprint density at radius 1 is 0.679 bits per heavy atom. The Kier molecular flexibility index (Phi) is 12.7. The maximum Gasteiger partial charge on any atom is 0.309 e. The normalized spacial score (nSPS) is 14.4. The molecule has 2 atom stereocenters. The molecule has 0 fully saturated rings. The zero-order valence-corrected chi connectivity index (χ0v) is 19.9. The Hall–Kier alpha value is -1.06. The lowest BCUT2D eigenvalue weighted by atomic mass is 9.92. The average Bonchev–Trinajstić information content (AvgIpc) is 2.61. The van der Waals surface area contributed by atoms with E-state index in [4.69, 9.17) is 9.47 Å². The highest BCUT2D eigenvalue weighted by atomic mass is 16.6. The van der Waals surface area contributed by atoms with E-state index in [9.17, 15) is 9.59 Å². The molecule has 4 nitrogen and oxygen atoms in total. The van der Waals surface area contributed by atoms with E-state index in [0.29, 0.717) is 12.8 Å². The molecule has 0 saturated heterocycles. The maximum atomic E-state index is 12.5. The van der Waals surface area contributed by atoms with E-state index in [-0.39, 0.29) is 23.8 Å². The topological polar surface area (TPSA) is 52.6 Å². The third-order valence-corrected chi connectivity index (χ3v) is 5.55. The fraction of sp³-hybridized carbons (Fsp3) is 0.917. The first-order valence-corrected chi connectivity index (χ1v) is 11.5. The maximum absolute atomic E-state index is 12.5. The van der Waals surface area contributed by atoms with Crippen LogP contribution in [0.3, 0.4) is 0 Å². The third-order valence-electron chi connectivity index (χ3n) is 5.55. The van der Waals surface area contributed by atoms with E-state index in [1.165, 1.54) is 0 Å². The van der Waals surface area contributed by atoms with Crippen molar-refractivity contribution in [3.8, 4) is 0 Å². The Balaban J connectivity index is 4.67. The van der Waals surface area contributed by atoms with Gasteiger partial charge in [0, 0.05) is 0 Å². The third kappa shape index (κ3) is 11.1. The van der Waals surface area contributed by atoms with Gasteiger partial charge in [-0.2, -0.15) is 0 Å². The van der Waals surface area contributed by atoms with E-state index < -0.39 is 11.2 Å². The number of hydrogen-bond acceptors (Lipinski definition) is 4. The second-order valence-corrected chi connectivity index (χ2v) is 9.36. The van der Waals surface area contributed by atoms with Gasteiger partial charge in [0.25, 0.3) is 0 Å². The second kappa shape index (κ2) is 13.2. The highest BCUT2D eigenvalue weighted by Gasteiger charge is 2.32. The standard InChI is InChI=1S/C24H46O4/c1-9-13-15-19(11-3)21(25)27-23(5,6)17-18-24(7,8)28-22(26)20(12-4)16-14-10-2/h19-20H,9-18H2,1-8H3. The van der Waals surface area contributed by atoms with Gasteiger partial charge in [-0.3, -0.25) is 9.59 Å². The van der Waals surface area contributed by atoms with Crippen LogP contribution in [0.2, 0.25) is 0 Å². The summed E-state index contributed by atoms with van der Waals surface area (Å²) in [6.07, 6.45) is 9.00. The van der Waals surface area contributed by atoms with E-state index in [1.54, 1.807) is 0 Å². The lowest BCUT2D eigenvalue weighted by Crippen LogP contribution is -2.36. The van der Waals surface area contributed by atoms with Crippen molar-refractivity contribution in [2.75, 3.05) is 0 Å². The Morgan fingerprint density at radius 3 is 1.25 bits per heavy atom. The molecule has 0 aliphatic rings. The molecule has 4 heteroatoms. The first-order chi connectivity index (χ1) is 13.0. The molecule has 28 heavy (non-hydrogen) atoms. The van der Waals surface area contributed by atoms with Crippen molar-refractivity contribution in [3.63, 3.8) is 0 Å². The van der Waals surface area contributed by atoms with Gasteiger partial charge >= 0.3 is 11.9 Å². The highest BCUT2D eigenvalue weighted by Crippen LogP contribution is 2.28. The number of carbonyl (C=O) groups excluding carboxylic acids is 2. The molecule has 0 heterocycles. The van der Waals surface area contributed by atoms with Crippen LogP contribution in [-0.2, 0) is 19.1 Å². The van der Waals surface area contributed by atoms with Crippen LogP contribution in [-0.4, -0.2) is 23.1 Å². The van der Waals surface area contributed by atoms with E-state index >= 15 is 0 Å². The van der Waals surface area contributed by atoms with Crippen molar-refractivity contribution < 1.29 is 19.1 Å². The summed E-state index contributed by atoms with van der Waals surface area (Å²) < 4.78 is 11.7. The van der Waals surface area contributed by atoms with Gasteiger partial charge < -0.3 is 9.47 Å². The van der Waals surface area contributed by atoms with E-state index in [0.717, 1.165) is 51.4 Å². The fourth-order valence-electron chi connectivity index (χ4n) is 3.29. The first-order valence-electron chi connectivity index (χ1n) is 11.5. The van der Waals surface area contributed by atoms with Gasteiger partial charge in [0.05, 0.1) is 11.8 Å². The highest BCUT2D eigenvalue weighted by molar-refractivity contribution is 5.73. The SMILES string of the molecule is CCCCC(CC)C(=O)OC(C)(C)CCC(C)(C)OC(=O)C(CC)CCCC. The van der Waals surface area contributed by atoms with E-state index in [1.807, 2.05) is 41.5 Å². The van der Waals surface area contributed by atoms with Crippen LogP contribution in [0, 0.1) is 11.8 Å². The van der Waals surface area contributed by atoms with Crippen molar-refractivity contribution in [2.24, 2.45) is 11.8 Å². The Bertz CT molecular complexity index is 412. The van der Waals surface area contributed by atoms with Gasteiger partial charge in [0.2, 0.25) is 0 Å². The smallest absolute Gasteiger partial charge is 0.309 e. The molecule has 0 saturated carbocycles. The summed E-state index contributed by atoms with van der Waals surface area (Å²) in [6.45, 7) is 16.2. The lowest BCUT2D eigenvalue weighted by molar-refractivity contribution is -0.169. The summed E-state index contributed by atoms with van der Waals surface area (Å²) in [7, 11) is 0. The van der Waals surface area contributed by atoms with Crippen molar-refractivity contribution in [1.82, 2.24) is 0 Å². The molecule has 166 valence electrons. The molecule has 0 spiro atoms. The number of esters is 2. The molecule has 0 aromatic rings. The van der Waals surface area contributed by atoms with Crippen LogP contribution >= 0.6 is 0 Å². The van der Waals surface area contributed by atoms with Crippen LogP contribution in [0.25, 0.3) is 0 Å². The summed E-state index contributed by atoms with van der Waals surface area (Å²) in [5.74, 6) is -0.231. The predicted octanol–water partition coefficient (Wildman–Crippen LogP) is 6.84. The minimum atomic E-state index is -0.563. The monoisotopic (exact) mass is 398 g/mol. The molecule has 0 aliphatic carbocycles. The number of ether oxygens (including phenoxy) is 2. The minimum Gasteiger partial charge on any atom is -0.459 e. The van der Waals surface area contributed by atoms with Crippen LogP contribution in [0.1, 0.15) is 120 Å². The predicted molar refractivity (Wildman–Crippen MR) is 116 cm³/mol. The quantitative estimate of drug-likeness (QED) is 0.283. The first kappa shape index (κ1) is 26.9. The summed E-state index contributed by atoms with van der Waals surface area (Å²) >= 11 is 0. The van der Waals surface area contributed by atoms with Crippen molar-refractivity contribution in [3.05, 3.63) is 0 Å². The molecular weight excluding hydrogens is 352 g/mol. The summed E-state index contributed by atoms with van der Waals surface area (Å²) in [6, 6.07) is 0. The van der Waals surface area contributed by atoms with Crippen LogP contribution < -0.4 is 0 Å². The van der Waals surface area contributed by atoms with Gasteiger partial charge in [0.1, 0.15) is 11.2 Å². The van der Waals surface area contributed by atoms with Crippen molar-refractivity contribution >= 4 is 11.9 Å². The molecule has 0 rings (SSSR count).